The minimum absolute atomic E-state index is 0.0115. The van der Waals surface area contributed by atoms with E-state index in [0.29, 0.717) is 0 Å². The van der Waals surface area contributed by atoms with Crippen molar-refractivity contribution in [1.82, 2.24) is 20.1 Å². The highest BCUT2D eigenvalue weighted by Gasteiger charge is 2.26. The van der Waals surface area contributed by atoms with Crippen molar-refractivity contribution < 1.29 is 4.79 Å². The second-order valence-corrected chi connectivity index (χ2v) is 9.61. The molecular formula is C24H30N4OS. The van der Waals surface area contributed by atoms with Gasteiger partial charge in [0.1, 0.15) is 0 Å². The van der Waals surface area contributed by atoms with Gasteiger partial charge in [-0.05, 0) is 44.0 Å². The summed E-state index contributed by atoms with van der Waals surface area (Å²) in [5.74, 6) is 1.52. The zero-order valence-electron chi connectivity index (χ0n) is 18.6. The van der Waals surface area contributed by atoms with Gasteiger partial charge in [-0.2, -0.15) is 0 Å². The van der Waals surface area contributed by atoms with E-state index in [-0.39, 0.29) is 11.9 Å². The molecule has 0 saturated carbocycles. The van der Waals surface area contributed by atoms with E-state index in [0.717, 1.165) is 22.4 Å². The molecule has 1 amide bonds. The highest BCUT2D eigenvalue weighted by molar-refractivity contribution is 7.98. The number of amides is 1. The monoisotopic (exact) mass is 422 g/mol. The van der Waals surface area contributed by atoms with Crippen LogP contribution in [0, 0.1) is 19.3 Å². The average Bonchev–Trinajstić information content (AvgIpc) is 3.11. The molecule has 1 unspecified atom stereocenters. The summed E-state index contributed by atoms with van der Waals surface area (Å²) in [6.45, 7) is 11.9. The van der Waals surface area contributed by atoms with Crippen LogP contribution >= 0.6 is 11.8 Å². The van der Waals surface area contributed by atoms with Crippen LogP contribution in [0.5, 0.6) is 0 Å². The smallest absolute Gasteiger partial charge is 0.225 e. The summed E-state index contributed by atoms with van der Waals surface area (Å²) in [6.07, 6.45) is 0. The lowest BCUT2D eigenvalue weighted by molar-refractivity contribution is -0.129. The van der Waals surface area contributed by atoms with E-state index in [1.54, 1.807) is 11.8 Å². The maximum Gasteiger partial charge on any atom is 0.225 e. The van der Waals surface area contributed by atoms with Crippen LogP contribution < -0.4 is 5.32 Å². The largest absolute Gasteiger partial charge is 0.346 e. The lowest BCUT2D eigenvalue weighted by Gasteiger charge is -2.22. The Morgan fingerprint density at radius 2 is 1.73 bits per heavy atom. The third kappa shape index (κ3) is 5.11. The van der Waals surface area contributed by atoms with Crippen molar-refractivity contribution in [3.8, 4) is 5.69 Å². The van der Waals surface area contributed by atoms with Gasteiger partial charge in [0.05, 0.1) is 6.04 Å². The topological polar surface area (TPSA) is 59.8 Å². The van der Waals surface area contributed by atoms with Gasteiger partial charge in [-0.25, -0.2) is 0 Å². The van der Waals surface area contributed by atoms with Crippen molar-refractivity contribution in [3.05, 3.63) is 71.0 Å². The maximum atomic E-state index is 12.5. The Labute approximate surface area is 183 Å². The Bertz CT molecular complexity index is 1020. The Kier molecular flexibility index (Phi) is 6.66. The second-order valence-electron chi connectivity index (χ2n) is 8.67. The number of benzene rings is 2. The summed E-state index contributed by atoms with van der Waals surface area (Å²) in [6, 6.07) is 16.4. The molecule has 158 valence electrons. The zero-order valence-corrected chi connectivity index (χ0v) is 19.4. The van der Waals surface area contributed by atoms with Crippen LogP contribution in [0.4, 0.5) is 0 Å². The van der Waals surface area contributed by atoms with Crippen LogP contribution in [-0.4, -0.2) is 20.7 Å². The molecular weight excluding hydrogens is 392 g/mol. The van der Waals surface area contributed by atoms with Crippen molar-refractivity contribution in [1.29, 1.82) is 0 Å². The quantitative estimate of drug-likeness (QED) is 0.540. The summed E-state index contributed by atoms with van der Waals surface area (Å²) < 4.78 is 2.05. The summed E-state index contributed by atoms with van der Waals surface area (Å²) in [5, 5.41) is 12.8. The van der Waals surface area contributed by atoms with Gasteiger partial charge < -0.3 is 5.32 Å². The third-order valence-electron chi connectivity index (χ3n) is 4.98. The van der Waals surface area contributed by atoms with Crippen molar-refractivity contribution in [2.24, 2.45) is 5.41 Å². The number of carbonyl (C=O) groups is 1. The Hall–Kier alpha value is -2.60. The van der Waals surface area contributed by atoms with Gasteiger partial charge in [0.15, 0.2) is 11.0 Å². The Morgan fingerprint density at radius 1 is 1.07 bits per heavy atom. The first-order valence-corrected chi connectivity index (χ1v) is 11.2. The van der Waals surface area contributed by atoms with Crippen molar-refractivity contribution in [2.45, 2.75) is 58.5 Å². The van der Waals surface area contributed by atoms with Crippen LogP contribution in [0.1, 0.15) is 56.3 Å². The number of hydrogen-bond donors (Lipinski definition) is 1. The molecule has 0 aliphatic heterocycles. The van der Waals surface area contributed by atoms with Gasteiger partial charge in [0, 0.05) is 16.9 Å². The average molecular weight is 423 g/mol. The predicted molar refractivity (Wildman–Crippen MR) is 123 cm³/mol. The second kappa shape index (κ2) is 9.04. The van der Waals surface area contributed by atoms with Crippen molar-refractivity contribution in [3.63, 3.8) is 0 Å². The molecule has 0 spiro atoms. The van der Waals surface area contributed by atoms with Crippen molar-refractivity contribution >= 4 is 17.7 Å². The maximum absolute atomic E-state index is 12.5. The van der Waals surface area contributed by atoms with Gasteiger partial charge in [-0.15, -0.1) is 10.2 Å². The van der Waals surface area contributed by atoms with E-state index < -0.39 is 5.41 Å². The van der Waals surface area contributed by atoms with E-state index in [1.165, 1.54) is 16.7 Å². The third-order valence-corrected chi connectivity index (χ3v) is 5.96. The fraction of sp³-hybridized carbons (Fsp3) is 0.375. The predicted octanol–water partition coefficient (Wildman–Crippen LogP) is 5.40. The highest BCUT2D eigenvalue weighted by Crippen LogP contribution is 2.29. The minimum atomic E-state index is -0.467. The van der Waals surface area contributed by atoms with Gasteiger partial charge in [0.2, 0.25) is 5.91 Å². The molecule has 5 nitrogen and oxygen atoms in total. The van der Waals surface area contributed by atoms with Crippen LogP contribution in [0.25, 0.3) is 5.69 Å². The molecule has 30 heavy (non-hydrogen) atoms. The minimum Gasteiger partial charge on any atom is -0.346 e. The molecule has 0 radical (unpaired) electrons. The molecule has 0 saturated heterocycles. The summed E-state index contributed by atoms with van der Waals surface area (Å²) in [4.78, 5) is 12.5. The normalized spacial score (nSPS) is 12.6. The number of thioether (sulfide) groups is 1. The van der Waals surface area contributed by atoms with E-state index in [2.05, 4.69) is 82.5 Å². The van der Waals surface area contributed by atoms with E-state index in [9.17, 15) is 4.79 Å². The molecule has 3 rings (SSSR count). The standard InChI is InChI=1S/C24H30N4OS/c1-16-11-13-20(14-12-16)28-21(18(3)25-22(29)24(4,5)6)26-27-23(28)30-15-19-10-8-7-9-17(19)2/h7-14,18H,15H2,1-6H3,(H,25,29). The molecule has 0 aliphatic carbocycles. The number of hydrogen-bond acceptors (Lipinski definition) is 4. The van der Waals surface area contributed by atoms with E-state index in [1.807, 2.05) is 27.7 Å². The molecule has 6 heteroatoms. The summed E-state index contributed by atoms with van der Waals surface area (Å²) >= 11 is 1.65. The summed E-state index contributed by atoms with van der Waals surface area (Å²) in [7, 11) is 0. The molecule has 0 aliphatic rings. The van der Waals surface area contributed by atoms with Crippen LogP contribution in [-0.2, 0) is 10.5 Å². The highest BCUT2D eigenvalue weighted by atomic mass is 32.2. The van der Waals surface area contributed by atoms with Gasteiger partial charge >= 0.3 is 0 Å². The van der Waals surface area contributed by atoms with Gasteiger partial charge in [-0.3, -0.25) is 9.36 Å². The fourth-order valence-electron chi connectivity index (χ4n) is 2.98. The van der Waals surface area contributed by atoms with Gasteiger partial charge in [0.25, 0.3) is 0 Å². The Balaban J connectivity index is 1.94. The molecule has 1 aromatic heterocycles. The molecule has 1 N–H and O–H groups in total. The SMILES string of the molecule is Cc1ccc(-n2c(SCc3ccccc3C)nnc2C(C)NC(=O)C(C)(C)C)cc1. The van der Waals surface area contributed by atoms with Crippen LogP contribution in [0.2, 0.25) is 0 Å². The molecule has 2 aromatic carbocycles. The lowest BCUT2D eigenvalue weighted by atomic mass is 9.95. The molecule has 0 fully saturated rings. The van der Waals surface area contributed by atoms with Crippen LogP contribution in [0.3, 0.4) is 0 Å². The van der Waals surface area contributed by atoms with E-state index >= 15 is 0 Å². The number of nitrogens with zero attached hydrogens (tertiary/aromatic N) is 3. The molecule has 1 atom stereocenters. The summed E-state index contributed by atoms with van der Waals surface area (Å²) in [5.41, 5.74) is 4.25. The molecule has 0 bridgehead atoms. The molecule has 1 heterocycles. The zero-order chi connectivity index (χ0) is 21.9. The number of aryl methyl sites for hydroxylation is 2. The number of rotatable bonds is 6. The number of carbonyl (C=O) groups excluding carboxylic acids is 1. The first-order valence-electron chi connectivity index (χ1n) is 10.2. The fourth-order valence-corrected chi connectivity index (χ4v) is 4.02. The van der Waals surface area contributed by atoms with Gasteiger partial charge in [-0.1, -0.05) is 74.5 Å². The first-order chi connectivity index (χ1) is 14.2. The Morgan fingerprint density at radius 3 is 2.37 bits per heavy atom. The molecule has 3 aromatic rings. The first kappa shape index (κ1) is 22.1. The van der Waals surface area contributed by atoms with E-state index in [4.69, 9.17) is 0 Å². The number of aromatic nitrogens is 3. The number of nitrogens with one attached hydrogen (secondary N) is 1. The lowest BCUT2D eigenvalue weighted by Crippen LogP contribution is -2.37. The van der Waals surface area contributed by atoms with Crippen molar-refractivity contribution in [2.75, 3.05) is 0 Å². The van der Waals surface area contributed by atoms with Crippen LogP contribution in [0.15, 0.2) is 53.7 Å².